The number of halogens is 1. The molecule has 1 fully saturated rings. The maximum Gasteiger partial charge on any atom is 0.309 e. The zero-order valence-corrected chi connectivity index (χ0v) is 14.1. The third-order valence-electron chi connectivity index (χ3n) is 4.07. The molecule has 0 aromatic heterocycles. The van der Waals surface area contributed by atoms with Gasteiger partial charge in [0.05, 0.1) is 38.2 Å². The van der Waals surface area contributed by atoms with E-state index in [9.17, 15) is 9.59 Å². The molecule has 1 heterocycles. The zero-order chi connectivity index (χ0) is 16.8. The number of anilines is 1. The van der Waals surface area contributed by atoms with Crippen LogP contribution in [0.1, 0.15) is 12.8 Å². The van der Waals surface area contributed by atoms with Crippen molar-refractivity contribution in [1.82, 2.24) is 0 Å². The van der Waals surface area contributed by atoms with Gasteiger partial charge in [0.15, 0.2) is 6.54 Å². The summed E-state index contributed by atoms with van der Waals surface area (Å²) in [6.07, 6.45) is 1.51. The minimum absolute atomic E-state index is 0.0350. The van der Waals surface area contributed by atoms with Crippen molar-refractivity contribution >= 4 is 29.2 Å². The number of quaternary nitrogens is 1. The molecule has 2 rings (SSSR count). The number of hydrogen-bond donors (Lipinski definition) is 2. The first kappa shape index (κ1) is 17.6. The summed E-state index contributed by atoms with van der Waals surface area (Å²) in [5, 5.41) is 3.29. The molecule has 23 heavy (non-hydrogen) atoms. The van der Waals surface area contributed by atoms with E-state index in [0.717, 1.165) is 25.9 Å². The highest BCUT2D eigenvalue weighted by Crippen LogP contribution is 2.27. The summed E-state index contributed by atoms with van der Waals surface area (Å²) in [4.78, 5) is 24.8. The fourth-order valence-electron chi connectivity index (χ4n) is 2.78. The maximum absolute atomic E-state index is 12.1. The van der Waals surface area contributed by atoms with Crippen LogP contribution in [0.2, 0.25) is 5.02 Å². The summed E-state index contributed by atoms with van der Waals surface area (Å²) < 4.78 is 9.84. The van der Waals surface area contributed by atoms with Gasteiger partial charge in [0.1, 0.15) is 5.75 Å². The first-order valence-electron chi connectivity index (χ1n) is 7.58. The molecule has 1 saturated heterocycles. The Morgan fingerprint density at radius 1 is 1.30 bits per heavy atom. The monoisotopic (exact) mass is 341 g/mol. The van der Waals surface area contributed by atoms with Gasteiger partial charge in [0, 0.05) is 18.5 Å². The molecule has 0 aliphatic carbocycles. The highest BCUT2D eigenvalue weighted by Gasteiger charge is 2.29. The molecular formula is C16H22ClN2O4+. The number of hydrogen-bond acceptors (Lipinski definition) is 4. The first-order valence-corrected chi connectivity index (χ1v) is 7.96. The molecule has 1 aromatic carbocycles. The van der Waals surface area contributed by atoms with E-state index < -0.39 is 0 Å². The molecule has 2 N–H and O–H groups in total. The Bertz CT molecular complexity index is 571. The molecule has 1 aliphatic heterocycles. The van der Waals surface area contributed by atoms with Gasteiger partial charge in [0.2, 0.25) is 0 Å². The summed E-state index contributed by atoms with van der Waals surface area (Å²) in [5.74, 6) is 0.312. The average molecular weight is 342 g/mol. The number of amides is 1. The summed E-state index contributed by atoms with van der Waals surface area (Å²) >= 11 is 6.04. The van der Waals surface area contributed by atoms with Gasteiger partial charge in [-0.15, -0.1) is 0 Å². The molecule has 0 saturated carbocycles. The normalized spacial score (nSPS) is 20.7. The zero-order valence-electron chi connectivity index (χ0n) is 13.4. The Hall–Kier alpha value is -1.79. The number of carbonyl (C=O) groups excluding carboxylic acids is 2. The van der Waals surface area contributed by atoms with Crippen molar-refractivity contribution in [3.63, 3.8) is 0 Å². The molecule has 0 atom stereocenters. The van der Waals surface area contributed by atoms with E-state index in [1.165, 1.54) is 12.0 Å². The van der Waals surface area contributed by atoms with Gasteiger partial charge in [-0.25, -0.2) is 0 Å². The van der Waals surface area contributed by atoms with Gasteiger partial charge in [-0.2, -0.15) is 0 Å². The van der Waals surface area contributed by atoms with Crippen molar-refractivity contribution in [1.29, 1.82) is 0 Å². The Kier molecular flexibility index (Phi) is 6.24. The first-order chi connectivity index (χ1) is 11.0. The molecule has 126 valence electrons. The molecule has 0 radical (unpaired) electrons. The van der Waals surface area contributed by atoms with Gasteiger partial charge in [-0.3, -0.25) is 9.59 Å². The van der Waals surface area contributed by atoms with E-state index in [-0.39, 0.29) is 17.8 Å². The number of piperidine rings is 1. The third kappa shape index (κ3) is 4.84. The van der Waals surface area contributed by atoms with Crippen LogP contribution in [-0.2, 0) is 14.3 Å². The predicted octanol–water partition coefficient (Wildman–Crippen LogP) is 0.755. The van der Waals surface area contributed by atoms with E-state index in [2.05, 4.69) is 5.32 Å². The second kappa shape index (κ2) is 8.17. The van der Waals surface area contributed by atoms with E-state index in [1.54, 1.807) is 25.3 Å². The molecule has 1 aromatic rings. The molecule has 0 bridgehead atoms. The lowest BCUT2D eigenvalue weighted by Crippen LogP contribution is -3.14. The number of likely N-dealkylation sites (tertiary alicyclic amines) is 1. The van der Waals surface area contributed by atoms with Crippen LogP contribution in [0.5, 0.6) is 5.75 Å². The number of benzene rings is 1. The van der Waals surface area contributed by atoms with E-state index in [4.69, 9.17) is 21.1 Å². The van der Waals surface area contributed by atoms with Crippen LogP contribution in [-0.4, -0.2) is 45.7 Å². The van der Waals surface area contributed by atoms with Crippen molar-refractivity contribution in [3.05, 3.63) is 23.2 Å². The molecular weight excluding hydrogens is 320 g/mol. The summed E-state index contributed by atoms with van der Waals surface area (Å²) in [5.41, 5.74) is 0.643. The fourth-order valence-corrected chi connectivity index (χ4v) is 3.04. The number of methoxy groups -OCH3 is 2. The quantitative estimate of drug-likeness (QED) is 0.776. The molecule has 1 amide bonds. The second-order valence-electron chi connectivity index (χ2n) is 5.62. The van der Waals surface area contributed by atoms with Crippen molar-refractivity contribution in [3.8, 4) is 5.75 Å². The predicted molar refractivity (Wildman–Crippen MR) is 86.9 cm³/mol. The lowest BCUT2D eigenvalue weighted by atomic mass is 9.97. The lowest BCUT2D eigenvalue weighted by molar-refractivity contribution is -0.897. The number of esters is 1. The van der Waals surface area contributed by atoms with Crippen LogP contribution >= 0.6 is 11.6 Å². The molecule has 7 heteroatoms. The van der Waals surface area contributed by atoms with Gasteiger partial charge >= 0.3 is 5.97 Å². The van der Waals surface area contributed by atoms with Crippen molar-refractivity contribution in [2.24, 2.45) is 5.92 Å². The topological polar surface area (TPSA) is 69.1 Å². The molecule has 0 unspecified atom stereocenters. The standard InChI is InChI=1S/C16H21ClN2O4/c1-22-14-4-3-12(9-13(14)17)18-15(20)10-19-7-5-11(6-8-19)16(21)23-2/h3-4,9,11H,5-8,10H2,1-2H3,(H,18,20)/p+1. The minimum Gasteiger partial charge on any atom is -0.495 e. The van der Waals surface area contributed by atoms with Gasteiger partial charge in [0.25, 0.3) is 5.91 Å². The smallest absolute Gasteiger partial charge is 0.309 e. The Morgan fingerprint density at radius 3 is 2.57 bits per heavy atom. The van der Waals surface area contributed by atoms with E-state index in [0.29, 0.717) is 23.0 Å². The highest BCUT2D eigenvalue weighted by atomic mass is 35.5. The second-order valence-corrected chi connectivity index (χ2v) is 6.03. The third-order valence-corrected chi connectivity index (χ3v) is 4.37. The van der Waals surface area contributed by atoms with E-state index in [1.807, 2.05) is 0 Å². The Morgan fingerprint density at radius 2 is 2.00 bits per heavy atom. The van der Waals surface area contributed by atoms with Crippen LogP contribution < -0.4 is 15.0 Å². The van der Waals surface area contributed by atoms with Crippen LogP contribution in [0.15, 0.2) is 18.2 Å². The van der Waals surface area contributed by atoms with Crippen LogP contribution in [0.4, 0.5) is 5.69 Å². The van der Waals surface area contributed by atoms with Gasteiger partial charge in [-0.05, 0) is 18.2 Å². The van der Waals surface area contributed by atoms with Crippen LogP contribution in [0.25, 0.3) is 0 Å². The van der Waals surface area contributed by atoms with Crippen molar-refractivity contribution in [2.75, 3.05) is 39.2 Å². The molecule has 0 spiro atoms. The highest BCUT2D eigenvalue weighted by molar-refractivity contribution is 6.32. The summed E-state index contributed by atoms with van der Waals surface area (Å²) in [6.45, 7) is 1.95. The molecule has 1 aliphatic rings. The number of ether oxygens (including phenoxy) is 2. The Balaban J connectivity index is 1.82. The van der Waals surface area contributed by atoms with Crippen molar-refractivity contribution in [2.45, 2.75) is 12.8 Å². The summed E-state index contributed by atoms with van der Waals surface area (Å²) in [6, 6.07) is 5.13. The molecule has 6 nitrogen and oxygen atoms in total. The lowest BCUT2D eigenvalue weighted by Gasteiger charge is -2.27. The largest absolute Gasteiger partial charge is 0.495 e. The van der Waals surface area contributed by atoms with Gasteiger partial charge < -0.3 is 19.7 Å². The van der Waals surface area contributed by atoms with Crippen molar-refractivity contribution < 1.29 is 24.0 Å². The SMILES string of the molecule is COC(=O)C1CC[NH+](CC(=O)Nc2ccc(OC)c(Cl)c2)CC1. The summed E-state index contributed by atoms with van der Waals surface area (Å²) in [7, 11) is 2.95. The Labute approximate surface area is 140 Å². The van der Waals surface area contributed by atoms with Gasteiger partial charge in [-0.1, -0.05) is 11.6 Å². The van der Waals surface area contributed by atoms with Crippen LogP contribution in [0.3, 0.4) is 0 Å². The maximum atomic E-state index is 12.1. The number of rotatable bonds is 5. The minimum atomic E-state index is -0.152. The number of carbonyl (C=O) groups is 2. The average Bonchev–Trinajstić information content (AvgIpc) is 2.55. The fraction of sp³-hybridized carbons (Fsp3) is 0.500. The van der Waals surface area contributed by atoms with E-state index >= 15 is 0 Å². The number of nitrogens with one attached hydrogen (secondary N) is 2. The van der Waals surface area contributed by atoms with Crippen LogP contribution in [0, 0.1) is 5.92 Å².